The van der Waals surface area contributed by atoms with Crippen LogP contribution in [0.5, 0.6) is 5.75 Å². The molecule has 0 amide bonds. The first-order valence-corrected chi connectivity index (χ1v) is 6.87. The minimum Gasteiger partial charge on any atom is -0.484 e. The average molecular weight is 295 g/mol. The Balaban J connectivity index is 2.05. The van der Waals surface area contributed by atoms with Gasteiger partial charge in [0.05, 0.1) is 5.02 Å². The van der Waals surface area contributed by atoms with Crippen LogP contribution in [0.2, 0.25) is 5.02 Å². The summed E-state index contributed by atoms with van der Waals surface area (Å²) < 4.78 is 7.58. The third-order valence-corrected chi connectivity index (χ3v) is 3.39. The van der Waals surface area contributed by atoms with Crippen molar-refractivity contribution in [2.75, 3.05) is 0 Å². The number of aryl methyl sites for hydroxylation is 1. The molecule has 0 aliphatic heterocycles. The molecule has 0 aliphatic carbocycles. The lowest BCUT2D eigenvalue weighted by molar-refractivity contribution is 0.291. The number of hydrogen-bond donors (Lipinski definition) is 1. The molecule has 0 saturated carbocycles. The molecule has 0 aliphatic rings. The van der Waals surface area contributed by atoms with Gasteiger partial charge in [0.1, 0.15) is 18.2 Å². The molecule has 2 N–H and O–H groups in total. The molecule has 0 saturated heterocycles. The predicted octanol–water partition coefficient (Wildman–Crippen LogP) is 2.25. The monoisotopic (exact) mass is 294 g/mol. The summed E-state index contributed by atoms with van der Waals surface area (Å²) in [5, 5.41) is 8.61. The number of benzene rings is 1. The van der Waals surface area contributed by atoms with E-state index in [1.165, 1.54) is 0 Å². The van der Waals surface area contributed by atoms with Gasteiger partial charge in [-0.15, -0.1) is 10.2 Å². The molecule has 0 fully saturated rings. The molecule has 1 heterocycles. The molecule has 0 spiro atoms. The molecule has 108 valence electrons. The van der Waals surface area contributed by atoms with Crippen LogP contribution in [-0.4, -0.2) is 20.8 Å². The summed E-state index contributed by atoms with van der Waals surface area (Å²) in [5.41, 5.74) is 6.88. The first kappa shape index (κ1) is 14.8. The third kappa shape index (κ3) is 3.49. The highest BCUT2D eigenvalue weighted by molar-refractivity contribution is 6.32. The lowest BCUT2D eigenvalue weighted by atomic mass is 10.1. The highest BCUT2D eigenvalue weighted by atomic mass is 35.5. The van der Waals surface area contributed by atoms with Crippen molar-refractivity contribution in [2.24, 2.45) is 12.8 Å². The van der Waals surface area contributed by atoms with Gasteiger partial charge in [-0.05, 0) is 38.0 Å². The van der Waals surface area contributed by atoms with Crippen LogP contribution in [0.15, 0.2) is 18.2 Å². The molecular formula is C14H19ClN4O. The summed E-state index contributed by atoms with van der Waals surface area (Å²) in [7, 11) is 1.90. The summed E-state index contributed by atoms with van der Waals surface area (Å²) in [6.45, 7) is 4.20. The van der Waals surface area contributed by atoms with Crippen molar-refractivity contribution < 1.29 is 4.74 Å². The maximum Gasteiger partial charge on any atom is 0.170 e. The van der Waals surface area contributed by atoms with E-state index in [-0.39, 0.29) is 6.04 Å². The summed E-state index contributed by atoms with van der Waals surface area (Å²) in [6, 6.07) is 5.84. The molecule has 2 rings (SSSR count). The van der Waals surface area contributed by atoms with E-state index in [1.54, 1.807) is 0 Å². The van der Waals surface area contributed by atoms with Crippen LogP contribution in [0, 0.1) is 6.92 Å². The molecule has 0 radical (unpaired) electrons. The second-order valence-corrected chi connectivity index (χ2v) is 5.36. The maximum absolute atomic E-state index is 6.22. The van der Waals surface area contributed by atoms with Crippen molar-refractivity contribution >= 4 is 11.6 Å². The zero-order chi connectivity index (χ0) is 14.7. The molecule has 1 aromatic heterocycles. The van der Waals surface area contributed by atoms with Crippen LogP contribution < -0.4 is 10.5 Å². The van der Waals surface area contributed by atoms with Crippen molar-refractivity contribution in [1.29, 1.82) is 0 Å². The normalized spacial score (nSPS) is 12.4. The molecular weight excluding hydrogens is 276 g/mol. The van der Waals surface area contributed by atoms with Crippen molar-refractivity contribution in [2.45, 2.75) is 32.9 Å². The van der Waals surface area contributed by atoms with Crippen LogP contribution in [0.1, 0.15) is 24.1 Å². The van der Waals surface area contributed by atoms with Gasteiger partial charge < -0.3 is 15.0 Å². The largest absolute Gasteiger partial charge is 0.484 e. The second kappa shape index (κ2) is 6.24. The average Bonchev–Trinajstić information content (AvgIpc) is 2.68. The zero-order valence-corrected chi connectivity index (χ0v) is 12.7. The summed E-state index contributed by atoms with van der Waals surface area (Å²) in [4.78, 5) is 0. The highest BCUT2D eigenvalue weighted by Crippen LogP contribution is 2.26. The SMILES string of the molecule is Cc1nnc(COc2ccc(CC(C)N)cc2Cl)n1C. The quantitative estimate of drug-likeness (QED) is 0.918. The summed E-state index contributed by atoms with van der Waals surface area (Å²) in [5.74, 6) is 2.25. The first-order chi connectivity index (χ1) is 9.47. The van der Waals surface area contributed by atoms with E-state index in [2.05, 4.69) is 10.2 Å². The Hall–Kier alpha value is -1.59. The first-order valence-electron chi connectivity index (χ1n) is 6.49. The lowest BCUT2D eigenvalue weighted by Crippen LogP contribution is -2.17. The Morgan fingerprint density at radius 2 is 2.15 bits per heavy atom. The van der Waals surface area contributed by atoms with E-state index in [9.17, 15) is 0 Å². The van der Waals surface area contributed by atoms with E-state index in [4.69, 9.17) is 22.1 Å². The molecule has 0 bridgehead atoms. The van der Waals surface area contributed by atoms with Crippen LogP contribution in [0.25, 0.3) is 0 Å². The van der Waals surface area contributed by atoms with E-state index in [1.807, 2.05) is 43.7 Å². The number of rotatable bonds is 5. The van der Waals surface area contributed by atoms with Crippen molar-refractivity contribution in [3.8, 4) is 5.75 Å². The minimum atomic E-state index is 0.111. The number of halogens is 1. The Morgan fingerprint density at radius 3 is 2.70 bits per heavy atom. The Morgan fingerprint density at radius 1 is 1.40 bits per heavy atom. The topological polar surface area (TPSA) is 66.0 Å². The summed E-state index contributed by atoms with van der Waals surface area (Å²) in [6.07, 6.45) is 0.794. The molecule has 1 aromatic carbocycles. The van der Waals surface area contributed by atoms with Gasteiger partial charge >= 0.3 is 0 Å². The molecule has 6 heteroatoms. The smallest absolute Gasteiger partial charge is 0.170 e. The van der Waals surface area contributed by atoms with Gasteiger partial charge in [0.25, 0.3) is 0 Å². The Kier molecular flexibility index (Phi) is 4.62. The van der Waals surface area contributed by atoms with Crippen molar-refractivity contribution in [1.82, 2.24) is 14.8 Å². The number of nitrogens with zero attached hydrogens (tertiary/aromatic N) is 3. The van der Waals surface area contributed by atoms with E-state index >= 15 is 0 Å². The van der Waals surface area contributed by atoms with Gasteiger partial charge in [-0.3, -0.25) is 0 Å². The van der Waals surface area contributed by atoms with Gasteiger partial charge in [-0.1, -0.05) is 17.7 Å². The van der Waals surface area contributed by atoms with Gasteiger partial charge in [0, 0.05) is 13.1 Å². The molecule has 2 aromatic rings. The second-order valence-electron chi connectivity index (χ2n) is 4.96. The van der Waals surface area contributed by atoms with Crippen molar-refractivity contribution in [3.63, 3.8) is 0 Å². The fraction of sp³-hybridized carbons (Fsp3) is 0.429. The Labute approximate surface area is 123 Å². The number of aromatic nitrogens is 3. The standard InChI is InChI=1S/C14H19ClN4O/c1-9(16)6-11-4-5-13(12(15)7-11)20-8-14-18-17-10(2)19(14)3/h4-5,7,9H,6,8,16H2,1-3H3. The summed E-state index contributed by atoms with van der Waals surface area (Å²) >= 11 is 6.22. The van der Waals surface area contributed by atoms with Crippen LogP contribution in [0.4, 0.5) is 0 Å². The van der Waals surface area contributed by atoms with Gasteiger partial charge in [0.2, 0.25) is 0 Å². The molecule has 5 nitrogen and oxygen atoms in total. The number of nitrogens with two attached hydrogens (primary N) is 1. The maximum atomic E-state index is 6.22. The minimum absolute atomic E-state index is 0.111. The number of hydrogen-bond acceptors (Lipinski definition) is 4. The molecule has 1 unspecified atom stereocenters. The van der Waals surface area contributed by atoms with E-state index in [0.717, 1.165) is 23.6 Å². The zero-order valence-electron chi connectivity index (χ0n) is 11.9. The van der Waals surface area contributed by atoms with Crippen LogP contribution in [-0.2, 0) is 20.1 Å². The van der Waals surface area contributed by atoms with Gasteiger partial charge in [-0.2, -0.15) is 0 Å². The van der Waals surface area contributed by atoms with Crippen molar-refractivity contribution in [3.05, 3.63) is 40.4 Å². The lowest BCUT2D eigenvalue weighted by Gasteiger charge is -2.10. The fourth-order valence-electron chi connectivity index (χ4n) is 1.88. The van der Waals surface area contributed by atoms with Gasteiger partial charge in [0.15, 0.2) is 5.82 Å². The highest BCUT2D eigenvalue weighted by Gasteiger charge is 2.08. The fourth-order valence-corrected chi connectivity index (χ4v) is 2.14. The predicted molar refractivity (Wildman–Crippen MR) is 78.9 cm³/mol. The van der Waals surface area contributed by atoms with E-state index in [0.29, 0.717) is 17.4 Å². The van der Waals surface area contributed by atoms with E-state index < -0.39 is 0 Å². The molecule has 20 heavy (non-hydrogen) atoms. The number of ether oxygens (including phenoxy) is 1. The third-order valence-electron chi connectivity index (χ3n) is 3.09. The van der Waals surface area contributed by atoms with Gasteiger partial charge in [-0.25, -0.2) is 0 Å². The molecule has 1 atom stereocenters. The van der Waals surface area contributed by atoms with Crippen LogP contribution in [0.3, 0.4) is 0 Å². The Bertz CT molecular complexity index is 595. The van der Waals surface area contributed by atoms with Crippen LogP contribution >= 0.6 is 11.6 Å².